The van der Waals surface area contributed by atoms with Gasteiger partial charge in [-0.25, -0.2) is 9.78 Å². The highest BCUT2D eigenvalue weighted by molar-refractivity contribution is 7.98. The summed E-state index contributed by atoms with van der Waals surface area (Å²) in [6, 6.07) is -5.31. The number of aliphatic carboxylic acids is 1. The third-order valence-electron chi connectivity index (χ3n) is 20.9. The molecule has 3 rings (SSSR count). The predicted octanol–water partition coefficient (Wildman–Crippen LogP) is -4.83. The van der Waals surface area contributed by atoms with Crippen molar-refractivity contribution in [2.24, 2.45) is 52.2 Å². The van der Waals surface area contributed by atoms with Crippen LogP contribution in [0.1, 0.15) is 163 Å². The van der Waals surface area contributed by atoms with Crippen LogP contribution in [0, 0.1) is 23.2 Å². The second kappa shape index (κ2) is 56.9. The number of aliphatic hydroxyl groups excluding tert-OH is 1. The average molecular weight is 1800 g/mol. The Morgan fingerprint density at radius 3 is 1.31 bits per heavy atom. The molecule has 0 aliphatic carbocycles. The summed E-state index contributed by atoms with van der Waals surface area (Å²) in [4.78, 5) is 246. The van der Waals surface area contributed by atoms with E-state index in [1.807, 2.05) is 0 Å². The summed E-state index contributed by atoms with van der Waals surface area (Å²) in [5.74, 6) is -18.3. The van der Waals surface area contributed by atoms with Gasteiger partial charge in [0.2, 0.25) is 94.5 Å². The molecule has 127 heavy (non-hydrogen) atoms. The van der Waals surface area contributed by atoms with Gasteiger partial charge in [-0.05, 0) is 139 Å². The van der Waals surface area contributed by atoms with Crippen molar-refractivity contribution in [1.82, 2.24) is 89.3 Å². The van der Waals surface area contributed by atoms with E-state index in [9.17, 15) is 82.1 Å². The van der Waals surface area contributed by atoms with E-state index in [-0.39, 0.29) is 108 Å². The third-order valence-corrected chi connectivity index (χ3v) is 21.6. The van der Waals surface area contributed by atoms with Crippen molar-refractivity contribution in [2.45, 2.75) is 262 Å². The average Bonchev–Trinajstić information content (AvgIpc) is 1.51. The number of benzene rings is 2. The molecule has 0 saturated heterocycles. The number of nitrogens with zero attached hydrogens (tertiary/aromatic N) is 2. The summed E-state index contributed by atoms with van der Waals surface area (Å²) in [7, 11) is 1.29. The van der Waals surface area contributed by atoms with Crippen LogP contribution in [0.3, 0.4) is 0 Å². The number of likely N-dealkylation sites (N-methyl/N-ethyl adjacent to an activating group) is 1. The zero-order valence-corrected chi connectivity index (χ0v) is 75.0. The van der Waals surface area contributed by atoms with E-state index in [1.165, 1.54) is 52.1 Å². The number of H-pyrrole nitrogens is 1. The fourth-order valence-electron chi connectivity index (χ4n) is 12.9. The second-order valence-electron chi connectivity index (χ2n) is 32.0. The lowest BCUT2D eigenvalue weighted by Gasteiger charge is -2.31. The maximum atomic E-state index is 15.0. The van der Waals surface area contributed by atoms with Gasteiger partial charge in [0, 0.05) is 51.2 Å². The third kappa shape index (κ3) is 39.3. The zero-order chi connectivity index (χ0) is 95.3. The van der Waals surface area contributed by atoms with Gasteiger partial charge in [0.1, 0.15) is 90.6 Å². The van der Waals surface area contributed by atoms with E-state index in [0.29, 0.717) is 30.4 Å². The number of guanidine groups is 1. The highest BCUT2D eigenvalue weighted by atomic mass is 32.2. The Morgan fingerprint density at radius 2 is 0.866 bits per heavy atom. The first-order valence-corrected chi connectivity index (χ1v) is 43.8. The number of aromatic nitrogens is 2. The van der Waals surface area contributed by atoms with Crippen molar-refractivity contribution in [3.05, 3.63) is 90.0 Å². The fourth-order valence-corrected chi connectivity index (χ4v) is 13.4. The fraction of sp³-hybridized carbons (Fsp3) is 0.602. The number of thioether (sulfide) groups is 1. The monoisotopic (exact) mass is 1800 g/mol. The summed E-state index contributed by atoms with van der Waals surface area (Å²) >= 11 is 1.30. The molecular formula is C83H134N24O19S. The van der Waals surface area contributed by atoms with Crippen molar-refractivity contribution in [3.63, 3.8) is 0 Å². The van der Waals surface area contributed by atoms with E-state index in [2.05, 4.69) is 84.4 Å². The predicted molar refractivity (Wildman–Crippen MR) is 472 cm³/mol. The topological polar surface area (TPSA) is 711 Å². The lowest BCUT2D eigenvalue weighted by atomic mass is 9.96. The van der Waals surface area contributed by atoms with Crippen molar-refractivity contribution >= 4 is 118 Å². The minimum absolute atomic E-state index is 0.0155. The molecule has 0 unspecified atom stereocenters. The molecule has 30 N–H and O–H groups in total. The number of carbonyl (C=O) groups excluding carboxylic acids is 16. The van der Waals surface area contributed by atoms with Gasteiger partial charge < -0.3 is 129 Å². The maximum absolute atomic E-state index is 15.0. The van der Waals surface area contributed by atoms with Gasteiger partial charge in [-0.3, -0.25) is 82.1 Å². The summed E-state index contributed by atoms with van der Waals surface area (Å²) in [5, 5.41) is 64.0. The molecule has 0 fully saturated rings. The van der Waals surface area contributed by atoms with E-state index in [1.54, 1.807) is 108 Å². The van der Waals surface area contributed by atoms with E-state index in [0.717, 1.165) is 4.90 Å². The number of carboxylic acid groups (broad SMARTS) is 1. The van der Waals surface area contributed by atoms with Crippen molar-refractivity contribution in [1.29, 1.82) is 5.41 Å². The lowest BCUT2D eigenvalue weighted by Crippen LogP contribution is -2.62. The molecule has 1 heterocycles. The molecule has 44 heteroatoms. The molecule has 3 aromatic rings. The normalized spacial score (nSPS) is 15.2. The molecule has 0 saturated carbocycles. The van der Waals surface area contributed by atoms with Crippen LogP contribution in [0.15, 0.2) is 73.2 Å². The number of carbonyl (C=O) groups is 17. The van der Waals surface area contributed by atoms with Crippen LogP contribution >= 0.6 is 11.8 Å². The van der Waals surface area contributed by atoms with Crippen molar-refractivity contribution in [2.75, 3.05) is 38.7 Å². The molecule has 43 nitrogen and oxygen atoms in total. The van der Waals surface area contributed by atoms with Crippen LogP contribution in [0.25, 0.3) is 0 Å². The number of hydrogen-bond acceptors (Lipinski definition) is 24. The minimum Gasteiger partial charge on any atom is -0.480 e. The quantitative estimate of drug-likeness (QED) is 0.0143. The number of hydrogen-bond donors (Lipinski definition) is 24. The Balaban J connectivity index is 1.98. The highest BCUT2D eigenvalue weighted by Crippen LogP contribution is 2.17. The van der Waals surface area contributed by atoms with Crippen molar-refractivity contribution in [3.8, 4) is 0 Å². The van der Waals surface area contributed by atoms with E-state index >= 15 is 9.59 Å². The summed E-state index contributed by atoms with van der Waals surface area (Å²) < 4.78 is 0. The van der Waals surface area contributed by atoms with E-state index in [4.69, 9.17) is 39.8 Å². The summed E-state index contributed by atoms with van der Waals surface area (Å²) in [6.07, 6.45) is 2.22. The molecule has 16 amide bonds. The van der Waals surface area contributed by atoms with Crippen molar-refractivity contribution < 1.29 is 91.7 Å². The Labute approximate surface area is 743 Å². The highest BCUT2D eigenvalue weighted by Gasteiger charge is 2.41. The van der Waals surface area contributed by atoms with Gasteiger partial charge in [-0.15, -0.1) is 0 Å². The van der Waals surface area contributed by atoms with Gasteiger partial charge in [0.05, 0.1) is 18.9 Å². The summed E-state index contributed by atoms with van der Waals surface area (Å²) in [5.41, 5.74) is 35.2. The van der Waals surface area contributed by atoms with Gasteiger partial charge in [0.25, 0.3) is 0 Å². The van der Waals surface area contributed by atoms with E-state index < -0.39 is 228 Å². The number of rotatable bonds is 60. The van der Waals surface area contributed by atoms with Gasteiger partial charge in [0.15, 0.2) is 5.96 Å². The molecule has 17 atom stereocenters. The smallest absolute Gasteiger partial charge is 0.326 e. The molecule has 0 radical (unpaired) electrons. The minimum atomic E-state index is -1.88. The van der Waals surface area contributed by atoms with Crippen LogP contribution in [0.5, 0.6) is 0 Å². The number of aliphatic hydroxyl groups is 1. The zero-order valence-electron chi connectivity index (χ0n) is 74.1. The Hall–Kier alpha value is -11.9. The number of carboxylic acids is 1. The number of primary amides is 2. The maximum Gasteiger partial charge on any atom is 0.326 e. The number of nitrogens with two attached hydrogens (primary N) is 6. The Bertz CT molecular complexity index is 4110. The van der Waals surface area contributed by atoms with Crippen LogP contribution in [-0.4, -0.2) is 267 Å². The molecule has 0 aliphatic heterocycles. The SMILES string of the molecule is CC[C@H](C)[C@H](NC(=O)[C@H](Cc1ccccc1)NC(=O)[C@@H](NC(=O)[C@H](C)NC(=O)[C@H](CCSC)NC(=O)[C@H](CCC(N)=O)NC(=O)[C@@H](NC(=O)[C@H](C)N(C)C(=O)[C@@H](N)[C@@H](C)O)C(C)C)C(C)C)C(=O)N[C@@H](Cc1cnc[nH]1)C(=O)N[C@@H](CC(N)=O)C(=O)N[C@@H](Cc1ccccc1)C(=O)N[C@@H](CCCCN)C(=O)N[C@@H](CCCNC(=N)N)C(=O)N[C@@H](CCCCN)C(=O)O. The number of imidazole rings is 1. The molecule has 1 aromatic heterocycles. The number of unbranched alkanes of at least 4 members (excludes halogenated alkanes) is 2. The first-order valence-electron chi connectivity index (χ1n) is 42.5. The van der Waals surface area contributed by atoms with Gasteiger partial charge in [-0.2, -0.15) is 11.8 Å². The number of aromatic amines is 1. The van der Waals surface area contributed by atoms with Crippen LogP contribution in [0.4, 0.5) is 0 Å². The molecule has 2 aromatic carbocycles. The molecule has 0 aliphatic rings. The summed E-state index contributed by atoms with van der Waals surface area (Å²) in [6.45, 7) is 14.2. The molecule has 0 bridgehead atoms. The Morgan fingerprint density at radius 1 is 0.472 bits per heavy atom. The Kier molecular flexibility index (Phi) is 49.0. The van der Waals surface area contributed by atoms with Crippen LogP contribution in [0.2, 0.25) is 0 Å². The van der Waals surface area contributed by atoms with Gasteiger partial charge >= 0.3 is 5.97 Å². The largest absolute Gasteiger partial charge is 0.480 e. The molecular weight excluding hydrogens is 1670 g/mol. The first kappa shape index (κ1) is 109. The van der Waals surface area contributed by atoms with Crippen LogP contribution < -0.4 is 109 Å². The first-order chi connectivity index (χ1) is 60.0. The molecule has 706 valence electrons. The molecule has 0 spiro atoms. The van der Waals surface area contributed by atoms with Crippen LogP contribution in [-0.2, 0) is 101 Å². The standard InChI is InChI=1S/C83H134N24O19S/c1-12-46(6)67(106-77(120)59(39-51-26-17-14-18-27-51)102-79(122)65(44(2)3)104-68(111)47(7)94-70(113)56(33-37-127-11)97-73(116)55(31-32-62(86)109)98-78(121)66(45(4)5)105-69(112)48(8)107(10)81(124)64(88)49(9)108)80(123)103-60(40-52-42-91-43-93-52)75(118)101-61(41-63(87)110)76(119)100-58(38-50-24-15-13-16-25-50)74(117)96-53(28-19-21-34-84)71(114)95-54(30-23-36-92-83(89)90)72(115)99-57(82(125)126)29-20-22-35-85/h13-18,24-27,42-49,53-61,64-67,108H,12,19-23,28-41,84-85,88H2,1-11H3,(H2,86,109)(H2,87,110)(H,91,93)(H,94,113)(H,95,114)(H,96,117)(H,97,116)(H,98,121)(H,99,115)(H,100,119)(H,101,118)(H,102,122)(H,103,123)(H,104,111)(H,105,112)(H,106,120)(H,125,126)(H4,89,90,92)/t46-,47-,48-,49+,53-,54-,55-,56-,57-,58-,59-,60-,61-,64-,65-,66-,67-/m0/s1. The van der Waals surface area contributed by atoms with Gasteiger partial charge in [-0.1, -0.05) is 109 Å². The second-order valence-corrected chi connectivity index (χ2v) is 33.0. The lowest BCUT2D eigenvalue weighted by molar-refractivity contribution is -0.142. The number of amides is 16. The number of nitrogens with one attached hydrogen (secondary N) is 16.